The molecule has 13 heteroatoms. The number of alkyl halides is 3. The average Bonchev–Trinajstić information content (AvgIpc) is 3.48. The summed E-state index contributed by atoms with van der Waals surface area (Å²) in [5, 5.41) is 1.98. The van der Waals surface area contributed by atoms with Crippen molar-refractivity contribution in [2.24, 2.45) is 5.92 Å². The van der Waals surface area contributed by atoms with Crippen LogP contribution in [0, 0.1) is 12.8 Å². The number of nitrogens with one attached hydrogen (secondary N) is 1. The van der Waals surface area contributed by atoms with Crippen LogP contribution in [0.15, 0.2) is 82.6 Å². The van der Waals surface area contributed by atoms with Gasteiger partial charge in [0.25, 0.3) is 0 Å². The maximum Gasteiger partial charge on any atom is 0.416 e. The summed E-state index contributed by atoms with van der Waals surface area (Å²) in [5.74, 6) is -2.92. The summed E-state index contributed by atoms with van der Waals surface area (Å²) in [6, 6.07) is 19.1. The largest absolute Gasteiger partial charge is 0.416 e. The molecule has 1 aromatic heterocycles. The molecule has 0 saturated carbocycles. The van der Waals surface area contributed by atoms with Crippen molar-refractivity contribution in [2.75, 3.05) is 28.2 Å². The number of benzene rings is 3. The van der Waals surface area contributed by atoms with Crippen molar-refractivity contribution in [2.45, 2.75) is 49.7 Å². The fraction of sp³-hybridized carbons (Fsp3) is 0.294. The Kier molecular flexibility index (Phi) is 8.79. The van der Waals surface area contributed by atoms with E-state index < -0.39 is 52.1 Å². The lowest BCUT2D eigenvalue weighted by Crippen LogP contribution is -2.33. The summed E-state index contributed by atoms with van der Waals surface area (Å²) < 4.78 is 40.9. The lowest BCUT2D eigenvalue weighted by atomic mass is 9.83. The summed E-state index contributed by atoms with van der Waals surface area (Å²) in [6.07, 6.45) is -4.59. The monoisotopic (exact) mass is 680 g/mol. The van der Waals surface area contributed by atoms with Gasteiger partial charge in [0.15, 0.2) is 0 Å². The van der Waals surface area contributed by atoms with Gasteiger partial charge in [-0.2, -0.15) is 13.2 Å². The molecule has 4 aromatic rings. The molecule has 0 spiro atoms. The Morgan fingerprint density at radius 1 is 0.936 bits per heavy atom. The van der Waals surface area contributed by atoms with E-state index in [1.807, 2.05) is 43.3 Å². The van der Waals surface area contributed by atoms with Crippen LogP contribution in [0.25, 0.3) is 0 Å². The van der Waals surface area contributed by atoms with Gasteiger partial charge in [-0.15, -0.1) is 0 Å². The molecule has 1 fully saturated rings. The molecule has 8 nitrogen and oxygen atoms in total. The van der Waals surface area contributed by atoms with Crippen LogP contribution in [0.2, 0.25) is 0 Å². The normalized spacial score (nSPS) is 19.0. The average molecular weight is 681 g/mol. The van der Waals surface area contributed by atoms with Gasteiger partial charge in [-0.1, -0.05) is 59.0 Å². The third-order valence-corrected chi connectivity index (χ3v) is 11.1. The fourth-order valence-electron chi connectivity index (χ4n) is 6.16. The molecule has 244 valence electrons. The second kappa shape index (κ2) is 12.7. The molecule has 2 aliphatic rings. The molecule has 2 aliphatic heterocycles. The Morgan fingerprint density at radius 2 is 1.62 bits per heavy atom. The zero-order chi connectivity index (χ0) is 33.6. The summed E-state index contributed by atoms with van der Waals surface area (Å²) in [7, 11) is 0. The van der Waals surface area contributed by atoms with E-state index in [0.717, 1.165) is 65.1 Å². The first-order valence-electron chi connectivity index (χ1n) is 15.1. The molecule has 3 heterocycles. The van der Waals surface area contributed by atoms with E-state index in [-0.39, 0.29) is 11.6 Å². The molecule has 1 N–H and O–H groups in total. The summed E-state index contributed by atoms with van der Waals surface area (Å²) in [6.45, 7) is 7.14. The standard InChI is InChI=1S/C34H31F3N4O4S2/c1-4-39(5-2)23-15-11-20(12-16-23)26-27-28(31(44)41(30(27)43)24-13-9-19(3)10-14-24)46-32-29(26)47-33(45)40(32)18-25(42)38-22-8-6-7-21(17-22)34(35,36)37/h6-17,26-28H,4-5,18H2,1-3H3,(H,38,42). The number of fused-ring (bicyclic) bond motifs is 2. The van der Waals surface area contributed by atoms with Gasteiger partial charge in [0.05, 0.1) is 22.2 Å². The maximum atomic E-state index is 14.1. The highest BCUT2D eigenvalue weighted by molar-refractivity contribution is 8.00. The molecule has 47 heavy (non-hydrogen) atoms. The second-order valence-corrected chi connectivity index (χ2v) is 13.5. The van der Waals surface area contributed by atoms with E-state index in [1.165, 1.54) is 21.6 Å². The van der Waals surface area contributed by atoms with Crippen molar-refractivity contribution in [1.82, 2.24) is 4.57 Å². The maximum absolute atomic E-state index is 14.1. The van der Waals surface area contributed by atoms with E-state index in [2.05, 4.69) is 24.1 Å². The molecule has 6 rings (SSSR count). The number of rotatable bonds is 8. The number of aryl methyl sites for hydroxylation is 1. The van der Waals surface area contributed by atoms with Gasteiger partial charge >= 0.3 is 11.0 Å². The van der Waals surface area contributed by atoms with Crippen LogP contribution in [-0.2, 0) is 27.1 Å². The lowest BCUT2D eigenvalue weighted by molar-refractivity contribution is -0.137. The molecule has 1 saturated heterocycles. The quantitative estimate of drug-likeness (QED) is 0.213. The molecular formula is C34H31F3N4O4S2. The van der Waals surface area contributed by atoms with Crippen LogP contribution < -0.4 is 20.0 Å². The van der Waals surface area contributed by atoms with Crippen LogP contribution in [0.5, 0.6) is 0 Å². The van der Waals surface area contributed by atoms with Gasteiger partial charge < -0.3 is 10.2 Å². The van der Waals surface area contributed by atoms with E-state index in [4.69, 9.17) is 0 Å². The number of amides is 3. The van der Waals surface area contributed by atoms with Crippen LogP contribution in [0.3, 0.4) is 0 Å². The van der Waals surface area contributed by atoms with Gasteiger partial charge in [-0.05, 0) is 68.8 Å². The molecule has 0 aliphatic carbocycles. The van der Waals surface area contributed by atoms with Crippen molar-refractivity contribution in [3.8, 4) is 0 Å². The Morgan fingerprint density at radius 3 is 2.26 bits per heavy atom. The number of halogens is 3. The number of anilines is 3. The lowest BCUT2D eigenvalue weighted by Gasteiger charge is -2.31. The van der Waals surface area contributed by atoms with Gasteiger partial charge in [-0.3, -0.25) is 23.7 Å². The highest BCUT2D eigenvalue weighted by Crippen LogP contribution is 2.54. The van der Waals surface area contributed by atoms with E-state index in [9.17, 15) is 32.3 Å². The third kappa shape index (κ3) is 6.09. The van der Waals surface area contributed by atoms with E-state index in [0.29, 0.717) is 15.6 Å². The number of thiazole rings is 1. The Labute approximate surface area is 277 Å². The number of nitrogens with zero attached hydrogens (tertiary/aromatic N) is 3. The van der Waals surface area contributed by atoms with E-state index >= 15 is 0 Å². The molecule has 0 radical (unpaired) electrons. The molecule has 3 aromatic carbocycles. The van der Waals surface area contributed by atoms with Gasteiger partial charge in [0.1, 0.15) is 11.8 Å². The van der Waals surface area contributed by atoms with Crippen LogP contribution in [-0.4, -0.2) is 40.6 Å². The van der Waals surface area contributed by atoms with Crippen molar-refractivity contribution in [1.29, 1.82) is 0 Å². The van der Waals surface area contributed by atoms with Crippen molar-refractivity contribution in [3.05, 3.63) is 104 Å². The highest BCUT2D eigenvalue weighted by Gasteiger charge is 2.56. The van der Waals surface area contributed by atoms with Gasteiger partial charge in [-0.25, -0.2) is 4.90 Å². The molecule has 0 bridgehead atoms. The second-order valence-electron chi connectivity index (χ2n) is 11.4. The fourth-order valence-corrected chi connectivity index (χ4v) is 8.93. The van der Waals surface area contributed by atoms with Crippen molar-refractivity contribution < 1.29 is 27.6 Å². The minimum Gasteiger partial charge on any atom is -0.372 e. The number of hydrogen-bond donors (Lipinski definition) is 1. The number of carbonyl (C=O) groups is 3. The molecular weight excluding hydrogens is 650 g/mol. The van der Waals surface area contributed by atoms with Gasteiger partial charge in [0, 0.05) is 35.3 Å². The molecule has 3 amide bonds. The van der Waals surface area contributed by atoms with Crippen LogP contribution >= 0.6 is 23.1 Å². The SMILES string of the molecule is CCN(CC)c1ccc(C2c3sc(=O)n(CC(=O)Nc4cccc(C(F)(F)F)c4)c3SC3C(=O)N(c4ccc(C)cc4)C(=O)C32)cc1. The summed E-state index contributed by atoms with van der Waals surface area (Å²) in [5.41, 5.74) is 2.20. The Balaban J connectivity index is 1.39. The van der Waals surface area contributed by atoms with Crippen molar-refractivity contribution in [3.63, 3.8) is 0 Å². The number of carbonyl (C=O) groups excluding carboxylic acids is 3. The summed E-state index contributed by atoms with van der Waals surface area (Å²) in [4.78, 5) is 58.1. The zero-order valence-electron chi connectivity index (χ0n) is 25.7. The third-order valence-electron chi connectivity index (χ3n) is 8.50. The zero-order valence-corrected chi connectivity index (χ0v) is 27.3. The Bertz CT molecular complexity index is 1900. The minimum atomic E-state index is -4.59. The topological polar surface area (TPSA) is 91.7 Å². The predicted molar refractivity (Wildman–Crippen MR) is 177 cm³/mol. The van der Waals surface area contributed by atoms with Crippen molar-refractivity contribution >= 4 is 57.9 Å². The number of imide groups is 1. The highest BCUT2D eigenvalue weighted by atomic mass is 32.2. The smallest absolute Gasteiger partial charge is 0.372 e. The summed E-state index contributed by atoms with van der Waals surface area (Å²) >= 11 is 1.99. The number of thioether (sulfide) groups is 1. The Hall–Kier alpha value is -4.36. The molecule has 3 unspecified atom stereocenters. The number of hydrogen-bond acceptors (Lipinski definition) is 7. The minimum absolute atomic E-state index is 0.0637. The van der Waals surface area contributed by atoms with Crippen LogP contribution in [0.4, 0.5) is 30.2 Å². The first-order valence-corrected chi connectivity index (χ1v) is 16.8. The first kappa shape index (κ1) is 32.6. The molecule has 3 atom stereocenters. The van der Waals surface area contributed by atoms with Gasteiger partial charge in [0.2, 0.25) is 17.7 Å². The predicted octanol–water partition coefficient (Wildman–Crippen LogP) is 6.52. The van der Waals surface area contributed by atoms with Crippen LogP contribution in [0.1, 0.15) is 41.3 Å². The number of aromatic nitrogens is 1. The van der Waals surface area contributed by atoms with E-state index in [1.54, 1.807) is 12.1 Å². The first-order chi connectivity index (χ1) is 22.4.